The highest BCUT2D eigenvalue weighted by atomic mass is 16.2. The average Bonchev–Trinajstić information content (AvgIpc) is 2.60. The number of nitrogens with two attached hydrogens (primary N) is 3. The Hall–Kier alpha value is -3.14. The first-order valence-electron chi connectivity index (χ1n) is 7.99. The number of anilines is 1. The fraction of sp³-hybridized carbons (Fsp3) is 0.375. The summed E-state index contributed by atoms with van der Waals surface area (Å²) in [4.78, 5) is 39.4. The number of carbonyl (C=O) groups is 3. The van der Waals surface area contributed by atoms with Gasteiger partial charge >= 0.3 is 0 Å². The van der Waals surface area contributed by atoms with Crippen LogP contribution in [0.3, 0.4) is 0 Å². The Bertz CT molecular complexity index is 669. The van der Waals surface area contributed by atoms with Crippen molar-refractivity contribution in [3.63, 3.8) is 0 Å². The van der Waals surface area contributed by atoms with Gasteiger partial charge in [0.05, 0.1) is 0 Å². The van der Waals surface area contributed by atoms with E-state index in [9.17, 15) is 14.4 Å². The maximum atomic E-state index is 12.5. The molecule has 10 heteroatoms. The molecular formula is C16H25N7O3. The first-order chi connectivity index (χ1) is 12.3. The van der Waals surface area contributed by atoms with E-state index in [-0.39, 0.29) is 18.3 Å². The zero-order chi connectivity index (χ0) is 19.7. The molecule has 1 rings (SSSR count). The SMILES string of the molecule is CNC(=O)c1ccc(NC(=O)[C@H](CCCN=C(N)N)N(N)C(C)=O)cc1. The van der Waals surface area contributed by atoms with E-state index >= 15 is 0 Å². The lowest BCUT2D eigenvalue weighted by molar-refractivity contribution is -0.137. The lowest BCUT2D eigenvalue weighted by Gasteiger charge is -2.25. The first-order valence-corrected chi connectivity index (χ1v) is 7.99. The Morgan fingerprint density at radius 2 is 1.81 bits per heavy atom. The summed E-state index contributed by atoms with van der Waals surface area (Å²) in [5.74, 6) is 4.56. The van der Waals surface area contributed by atoms with Crippen LogP contribution in [0.1, 0.15) is 30.1 Å². The highest BCUT2D eigenvalue weighted by molar-refractivity contribution is 5.98. The van der Waals surface area contributed by atoms with Crippen molar-refractivity contribution in [1.29, 1.82) is 0 Å². The van der Waals surface area contributed by atoms with Crippen LogP contribution < -0.4 is 27.9 Å². The normalized spacial score (nSPS) is 11.2. The molecule has 26 heavy (non-hydrogen) atoms. The molecule has 0 unspecified atom stereocenters. The number of hydrazine groups is 1. The van der Waals surface area contributed by atoms with Gasteiger partial charge < -0.3 is 22.1 Å². The Balaban J connectivity index is 2.79. The van der Waals surface area contributed by atoms with Crippen molar-refractivity contribution in [2.75, 3.05) is 18.9 Å². The number of hydrogen-bond acceptors (Lipinski definition) is 5. The van der Waals surface area contributed by atoms with Gasteiger partial charge in [-0.05, 0) is 37.1 Å². The van der Waals surface area contributed by atoms with Crippen molar-refractivity contribution in [1.82, 2.24) is 10.3 Å². The third kappa shape index (κ3) is 6.40. The molecule has 3 amide bonds. The first kappa shape index (κ1) is 20.9. The second-order valence-corrected chi connectivity index (χ2v) is 5.54. The summed E-state index contributed by atoms with van der Waals surface area (Å²) in [5.41, 5.74) is 11.4. The number of nitrogens with zero attached hydrogens (tertiary/aromatic N) is 2. The minimum atomic E-state index is -0.875. The summed E-state index contributed by atoms with van der Waals surface area (Å²) >= 11 is 0. The van der Waals surface area contributed by atoms with Gasteiger partial charge in [-0.15, -0.1) is 0 Å². The molecule has 1 atom stereocenters. The lowest BCUT2D eigenvalue weighted by Crippen LogP contribution is -2.50. The number of carbonyl (C=O) groups excluding carboxylic acids is 3. The van der Waals surface area contributed by atoms with Crippen LogP contribution in [-0.2, 0) is 9.59 Å². The average molecular weight is 363 g/mol. The van der Waals surface area contributed by atoms with Gasteiger partial charge in [-0.3, -0.25) is 24.4 Å². The molecule has 142 valence electrons. The predicted molar refractivity (Wildman–Crippen MR) is 98.9 cm³/mol. The van der Waals surface area contributed by atoms with Gasteiger partial charge in [-0.2, -0.15) is 0 Å². The quantitative estimate of drug-likeness (QED) is 0.100. The van der Waals surface area contributed by atoms with Gasteiger partial charge in [0.25, 0.3) is 5.91 Å². The maximum absolute atomic E-state index is 12.5. The Kier molecular flexibility index (Phi) is 8.03. The molecule has 1 aromatic carbocycles. The zero-order valence-electron chi connectivity index (χ0n) is 14.9. The summed E-state index contributed by atoms with van der Waals surface area (Å²) in [7, 11) is 1.53. The molecule has 10 nitrogen and oxygen atoms in total. The third-order valence-corrected chi connectivity index (χ3v) is 3.57. The molecule has 0 spiro atoms. The number of rotatable bonds is 8. The number of aliphatic imine (C=N–C) groups is 1. The predicted octanol–water partition coefficient (Wildman–Crippen LogP) is -0.871. The van der Waals surface area contributed by atoms with Crippen LogP contribution in [0.2, 0.25) is 0 Å². The highest BCUT2D eigenvalue weighted by Crippen LogP contribution is 2.13. The molecule has 0 aromatic heterocycles. The molecule has 0 heterocycles. The summed E-state index contributed by atoms with van der Waals surface area (Å²) in [5, 5.41) is 6.07. The molecule has 0 aliphatic carbocycles. The molecule has 0 fully saturated rings. The molecular weight excluding hydrogens is 338 g/mol. The molecule has 1 aromatic rings. The third-order valence-electron chi connectivity index (χ3n) is 3.57. The smallest absolute Gasteiger partial charge is 0.251 e. The summed E-state index contributed by atoms with van der Waals surface area (Å²) in [6.07, 6.45) is 0.752. The van der Waals surface area contributed by atoms with Gasteiger partial charge in [0.15, 0.2) is 5.96 Å². The van der Waals surface area contributed by atoms with Crippen LogP contribution in [0.4, 0.5) is 5.69 Å². The molecule has 0 radical (unpaired) electrons. The Morgan fingerprint density at radius 1 is 1.19 bits per heavy atom. The summed E-state index contributed by atoms with van der Waals surface area (Å²) < 4.78 is 0. The number of guanidine groups is 1. The van der Waals surface area contributed by atoms with E-state index in [4.69, 9.17) is 17.3 Å². The van der Waals surface area contributed by atoms with Gasteiger partial charge in [0.1, 0.15) is 6.04 Å². The van der Waals surface area contributed by atoms with E-state index in [0.717, 1.165) is 5.01 Å². The van der Waals surface area contributed by atoms with Crippen molar-refractivity contribution >= 4 is 29.4 Å². The molecule has 0 saturated heterocycles. The van der Waals surface area contributed by atoms with E-state index in [1.807, 2.05) is 0 Å². The van der Waals surface area contributed by atoms with E-state index < -0.39 is 17.9 Å². The van der Waals surface area contributed by atoms with Crippen LogP contribution >= 0.6 is 0 Å². The number of amides is 3. The molecule has 0 bridgehead atoms. The van der Waals surface area contributed by atoms with Crippen LogP contribution in [0.25, 0.3) is 0 Å². The van der Waals surface area contributed by atoms with Crippen LogP contribution in [0.5, 0.6) is 0 Å². The van der Waals surface area contributed by atoms with Gasteiger partial charge in [-0.25, -0.2) is 5.84 Å². The zero-order valence-corrected chi connectivity index (χ0v) is 14.9. The van der Waals surface area contributed by atoms with Crippen LogP contribution in [-0.4, -0.2) is 48.3 Å². The van der Waals surface area contributed by atoms with Gasteiger partial charge in [-0.1, -0.05) is 0 Å². The Morgan fingerprint density at radius 3 is 2.31 bits per heavy atom. The van der Waals surface area contributed by atoms with Gasteiger partial charge in [0.2, 0.25) is 11.8 Å². The van der Waals surface area contributed by atoms with E-state index in [1.165, 1.54) is 14.0 Å². The minimum absolute atomic E-state index is 0.0432. The molecule has 0 aliphatic rings. The number of nitrogens with one attached hydrogen (secondary N) is 2. The maximum Gasteiger partial charge on any atom is 0.251 e. The van der Waals surface area contributed by atoms with Crippen molar-refractivity contribution in [2.24, 2.45) is 22.3 Å². The second kappa shape index (κ2) is 9.99. The topological polar surface area (TPSA) is 169 Å². The monoisotopic (exact) mass is 363 g/mol. The lowest BCUT2D eigenvalue weighted by atomic mass is 10.1. The van der Waals surface area contributed by atoms with Crippen molar-refractivity contribution in [3.8, 4) is 0 Å². The summed E-state index contributed by atoms with van der Waals surface area (Å²) in [6.45, 7) is 1.59. The standard InChI is InChI=1S/C16H25N7O3/c1-10(24)23(19)13(4-3-9-21-16(17)18)15(26)22-12-7-5-11(6-8-12)14(25)20-2/h5-8,13H,3-4,9,19H2,1-2H3,(H,20,25)(H,22,26)(H4,17,18,21)/t13-/m0/s1. The van der Waals surface area contributed by atoms with E-state index in [1.54, 1.807) is 24.3 Å². The Labute approximate surface area is 151 Å². The number of benzene rings is 1. The van der Waals surface area contributed by atoms with E-state index in [2.05, 4.69) is 15.6 Å². The molecule has 8 N–H and O–H groups in total. The highest BCUT2D eigenvalue weighted by Gasteiger charge is 2.25. The fourth-order valence-corrected chi connectivity index (χ4v) is 2.18. The largest absolute Gasteiger partial charge is 0.370 e. The van der Waals surface area contributed by atoms with E-state index in [0.29, 0.717) is 24.2 Å². The number of hydrogen-bond donors (Lipinski definition) is 5. The molecule has 0 saturated carbocycles. The van der Waals surface area contributed by atoms with Crippen molar-refractivity contribution in [2.45, 2.75) is 25.8 Å². The minimum Gasteiger partial charge on any atom is -0.370 e. The molecule has 0 aliphatic heterocycles. The van der Waals surface area contributed by atoms with Gasteiger partial charge in [0, 0.05) is 31.8 Å². The fourth-order valence-electron chi connectivity index (χ4n) is 2.18. The summed E-state index contributed by atoms with van der Waals surface area (Å²) in [6, 6.07) is 5.46. The van der Waals surface area contributed by atoms with Crippen molar-refractivity contribution in [3.05, 3.63) is 29.8 Å². The van der Waals surface area contributed by atoms with Crippen LogP contribution in [0, 0.1) is 0 Å². The van der Waals surface area contributed by atoms with Crippen LogP contribution in [0.15, 0.2) is 29.3 Å². The second-order valence-electron chi connectivity index (χ2n) is 5.54. The van der Waals surface area contributed by atoms with Crippen molar-refractivity contribution < 1.29 is 14.4 Å².